The van der Waals surface area contributed by atoms with Gasteiger partial charge in [0, 0.05) is 24.3 Å². The molecular formula is C13H21NO2S. The predicted octanol–water partition coefficient (Wildman–Crippen LogP) is 3.08. The first-order valence-electron chi connectivity index (χ1n) is 6.01. The number of thiophene rings is 1. The van der Waals surface area contributed by atoms with Crippen LogP contribution in [-0.2, 0) is 9.53 Å². The van der Waals surface area contributed by atoms with Crippen molar-refractivity contribution in [2.24, 2.45) is 0 Å². The number of hydrogen-bond acceptors (Lipinski definition) is 4. The van der Waals surface area contributed by atoms with E-state index in [2.05, 4.69) is 4.90 Å². The molecule has 0 aliphatic heterocycles. The third-order valence-corrected chi connectivity index (χ3v) is 3.39. The molecule has 0 spiro atoms. The van der Waals surface area contributed by atoms with Gasteiger partial charge in [0.1, 0.15) is 6.10 Å². The van der Waals surface area contributed by atoms with Crippen LogP contribution in [0.3, 0.4) is 0 Å². The van der Waals surface area contributed by atoms with E-state index < -0.39 is 0 Å². The largest absolute Gasteiger partial charge is 0.457 e. The maximum Gasteiger partial charge on any atom is 0.306 e. The maximum atomic E-state index is 11.6. The summed E-state index contributed by atoms with van der Waals surface area (Å²) in [6.45, 7) is 2.91. The van der Waals surface area contributed by atoms with E-state index >= 15 is 0 Å². The van der Waals surface area contributed by atoms with Gasteiger partial charge in [-0.2, -0.15) is 0 Å². The Hall–Kier alpha value is -0.870. The fourth-order valence-corrected chi connectivity index (χ4v) is 2.32. The molecule has 17 heavy (non-hydrogen) atoms. The van der Waals surface area contributed by atoms with E-state index in [1.54, 1.807) is 11.3 Å². The average Bonchev–Trinajstić information content (AvgIpc) is 2.77. The fourth-order valence-electron chi connectivity index (χ4n) is 1.53. The van der Waals surface area contributed by atoms with Crippen molar-refractivity contribution in [3.05, 3.63) is 22.4 Å². The standard InChI is InChI=1S/C13H21NO2S/c1-4-6-13(15)16-11(8-9-14(2)3)12-7-5-10-17-12/h5,7,10-11H,4,6,8-9H2,1-3H3. The zero-order valence-electron chi connectivity index (χ0n) is 10.8. The Morgan fingerprint density at radius 2 is 2.29 bits per heavy atom. The Morgan fingerprint density at radius 1 is 1.53 bits per heavy atom. The molecule has 1 aromatic rings. The lowest BCUT2D eigenvalue weighted by Gasteiger charge is -2.18. The van der Waals surface area contributed by atoms with Crippen molar-refractivity contribution in [2.75, 3.05) is 20.6 Å². The van der Waals surface area contributed by atoms with Gasteiger partial charge in [-0.1, -0.05) is 13.0 Å². The Bertz CT molecular complexity index is 322. The van der Waals surface area contributed by atoms with E-state index in [9.17, 15) is 4.79 Å². The minimum absolute atomic E-state index is 0.0866. The summed E-state index contributed by atoms with van der Waals surface area (Å²) in [5.74, 6) is -0.0929. The van der Waals surface area contributed by atoms with Gasteiger partial charge in [-0.3, -0.25) is 4.79 Å². The van der Waals surface area contributed by atoms with E-state index in [-0.39, 0.29) is 12.1 Å². The van der Waals surface area contributed by atoms with E-state index in [0.717, 1.165) is 24.3 Å². The summed E-state index contributed by atoms with van der Waals surface area (Å²) in [6, 6.07) is 4.03. The molecule has 1 atom stereocenters. The molecule has 3 nitrogen and oxygen atoms in total. The zero-order valence-corrected chi connectivity index (χ0v) is 11.6. The van der Waals surface area contributed by atoms with Crippen molar-refractivity contribution >= 4 is 17.3 Å². The van der Waals surface area contributed by atoms with Crippen LogP contribution in [0.5, 0.6) is 0 Å². The molecule has 0 bridgehead atoms. The molecule has 1 heterocycles. The van der Waals surface area contributed by atoms with Gasteiger partial charge in [0.25, 0.3) is 0 Å². The third-order valence-electron chi connectivity index (χ3n) is 2.43. The van der Waals surface area contributed by atoms with Crippen LogP contribution in [-0.4, -0.2) is 31.5 Å². The molecule has 0 aliphatic carbocycles. The molecule has 0 saturated heterocycles. The number of rotatable bonds is 7. The second kappa shape index (κ2) is 7.45. The van der Waals surface area contributed by atoms with Gasteiger partial charge < -0.3 is 9.64 Å². The Kier molecular flexibility index (Phi) is 6.22. The summed E-state index contributed by atoms with van der Waals surface area (Å²) in [4.78, 5) is 14.8. The van der Waals surface area contributed by atoms with Crippen LogP contribution < -0.4 is 0 Å². The summed E-state index contributed by atoms with van der Waals surface area (Å²) < 4.78 is 5.53. The van der Waals surface area contributed by atoms with Crippen LogP contribution in [0, 0.1) is 0 Å². The molecule has 0 aromatic carbocycles. The van der Waals surface area contributed by atoms with Crippen LogP contribution in [0.2, 0.25) is 0 Å². The second-order valence-electron chi connectivity index (χ2n) is 4.34. The Labute approximate surface area is 107 Å². The van der Waals surface area contributed by atoms with Crippen LogP contribution >= 0.6 is 11.3 Å². The second-order valence-corrected chi connectivity index (χ2v) is 5.32. The number of ether oxygens (including phenoxy) is 1. The molecule has 1 rings (SSSR count). The number of nitrogens with zero attached hydrogens (tertiary/aromatic N) is 1. The summed E-state index contributed by atoms with van der Waals surface area (Å²) in [6.07, 6.45) is 2.10. The van der Waals surface area contributed by atoms with Crippen molar-refractivity contribution in [1.82, 2.24) is 4.90 Å². The number of esters is 1. The lowest BCUT2D eigenvalue weighted by Crippen LogP contribution is -2.18. The lowest BCUT2D eigenvalue weighted by atomic mass is 10.2. The minimum Gasteiger partial charge on any atom is -0.457 e. The Morgan fingerprint density at radius 3 is 2.82 bits per heavy atom. The highest BCUT2D eigenvalue weighted by atomic mass is 32.1. The summed E-state index contributed by atoms with van der Waals surface area (Å²) in [5, 5.41) is 2.02. The highest BCUT2D eigenvalue weighted by Gasteiger charge is 2.17. The molecule has 4 heteroatoms. The van der Waals surface area contributed by atoms with Gasteiger partial charge in [-0.15, -0.1) is 11.3 Å². The van der Waals surface area contributed by atoms with Crippen LogP contribution in [0.15, 0.2) is 17.5 Å². The first-order chi connectivity index (χ1) is 8.13. The fraction of sp³-hybridized carbons (Fsp3) is 0.615. The van der Waals surface area contributed by atoms with Crippen molar-refractivity contribution in [3.63, 3.8) is 0 Å². The quantitative estimate of drug-likeness (QED) is 0.701. The van der Waals surface area contributed by atoms with E-state index in [1.165, 1.54) is 0 Å². The van der Waals surface area contributed by atoms with Crippen molar-refractivity contribution in [2.45, 2.75) is 32.3 Å². The topological polar surface area (TPSA) is 29.5 Å². The smallest absolute Gasteiger partial charge is 0.306 e. The molecule has 1 unspecified atom stereocenters. The van der Waals surface area contributed by atoms with E-state index in [1.807, 2.05) is 38.5 Å². The zero-order chi connectivity index (χ0) is 12.7. The van der Waals surface area contributed by atoms with E-state index in [0.29, 0.717) is 6.42 Å². The average molecular weight is 255 g/mol. The van der Waals surface area contributed by atoms with Crippen molar-refractivity contribution < 1.29 is 9.53 Å². The SMILES string of the molecule is CCCC(=O)OC(CCN(C)C)c1cccs1. The minimum atomic E-state index is -0.0929. The van der Waals surface area contributed by atoms with Gasteiger partial charge in [0.2, 0.25) is 0 Å². The molecule has 96 valence electrons. The summed E-state index contributed by atoms with van der Waals surface area (Å²) >= 11 is 1.65. The van der Waals surface area contributed by atoms with Gasteiger partial charge in [0.15, 0.2) is 0 Å². The van der Waals surface area contributed by atoms with Gasteiger partial charge in [0.05, 0.1) is 0 Å². The first kappa shape index (κ1) is 14.2. The molecule has 0 radical (unpaired) electrons. The van der Waals surface area contributed by atoms with Crippen LogP contribution in [0.1, 0.15) is 37.2 Å². The maximum absolute atomic E-state index is 11.6. The lowest BCUT2D eigenvalue weighted by molar-refractivity contribution is -0.149. The number of hydrogen-bond donors (Lipinski definition) is 0. The van der Waals surface area contributed by atoms with Gasteiger partial charge in [-0.05, 0) is 32.0 Å². The first-order valence-corrected chi connectivity index (χ1v) is 6.89. The van der Waals surface area contributed by atoms with E-state index in [4.69, 9.17) is 4.74 Å². The van der Waals surface area contributed by atoms with Crippen molar-refractivity contribution in [3.8, 4) is 0 Å². The summed E-state index contributed by atoms with van der Waals surface area (Å²) in [7, 11) is 4.05. The molecule has 0 fully saturated rings. The molecule has 0 N–H and O–H groups in total. The molecule has 0 aliphatic rings. The highest BCUT2D eigenvalue weighted by molar-refractivity contribution is 7.10. The predicted molar refractivity (Wildman–Crippen MR) is 71.2 cm³/mol. The monoisotopic (exact) mass is 255 g/mol. The number of carbonyl (C=O) groups is 1. The highest BCUT2D eigenvalue weighted by Crippen LogP contribution is 2.26. The molecule has 0 saturated carbocycles. The molecule has 0 amide bonds. The van der Waals surface area contributed by atoms with Crippen molar-refractivity contribution in [1.29, 1.82) is 0 Å². The summed E-state index contributed by atoms with van der Waals surface area (Å²) in [5.41, 5.74) is 0. The number of carbonyl (C=O) groups excluding carboxylic acids is 1. The van der Waals surface area contributed by atoms with Crippen LogP contribution in [0.25, 0.3) is 0 Å². The third kappa shape index (κ3) is 5.33. The van der Waals surface area contributed by atoms with Crippen LogP contribution in [0.4, 0.5) is 0 Å². The normalized spacial score (nSPS) is 12.7. The molecule has 1 aromatic heterocycles. The Balaban J connectivity index is 2.56. The molecular weight excluding hydrogens is 234 g/mol. The van der Waals surface area contributed by atoms with Gasteiger partial charge >= 0.3 is 5.97 Å². The van der Waals surface area contributed by atoms with Gasteiger partial charge in [-0.25, -0.2) is 0 Å².